The molecule has 0 heterocycles. The predicted octanol–water partition coefficient (Wildman–Crippen LogP) is 3.61. The van der Waals surface area contributed by atoms with E-state index in [2.05, 4.69) is 97.7 Å². The highest BCUT2D eigenvalue weighted by Crippen LogP contribution is 2.51. The second-order valence-corrected chi connectivity index (χ2v) is 8.57. The van der Waals surface area contributed by atoms with E-state index in [-0.39, 0.29) is 0 Å². The first-order chi connectivity index (χ1) is 9.82. The topological polar surface area (TPSA) is 0 Å². The van der Waals surface area contributed by atoms with Crippen molar-refractivity contribution in [3.8, 4) is 0 Å². The Morgan fingerprint density at radius 2 is 0.700 bits per heavy atom. The third kappa shape index (κ3) is 2.28. The fourth-order valence-corrected chi connectivity index (χ4v) is 5.83. The van der Waals surface area contributed by atoms with Gasteiger partial charge in [0, 0.05) is 0 Å². The molecule has 98 valence electrons. The largest absolute Gasteiger partial charge is 0.109 e. The molecule has 0 aromatic heterocycles. The molecule has 0 aliphatic heterocycles. The molecular formula is C19H18P+. The lowest BCUT2D eigenvalue weighted by Crippen LogP contribution is -2.30. The summed E-state index contributed by atoms with van der Waals surface area (Å²) in [5, 5.41) is 4.28. The number of hydrogen-bond acceptors (Lipinski definition) is 0. The highest BCUT2D eigenvalue weighted by molar-refractivity contribution is 7.95. The van der Waals surface area contributed by atoms with Crippen molar-refractivity contribution < 1.29 is 0 Å². The molecule has 0 unspecified atom stereocenters. The summed E-state index contributed by atoms with van der Waals surface area (Å²) in [6.45, 7) is 2.41. The maximum absolute atomic E-state index is 2.41. The van der Waals surface area contributed by atoms with Crippen LogP contribution < -0.4 is 15.9 Å². The second-order valence-electron chi connectivity index (χ2n) is 5.01. The monoisotopic (exact) mass is 276 g/mol. The van der Waals surface area contributed by atoms with Crippen LogP contribution in [0.3, 0.4) is 0 Å². The van der Waals surface area contributed by atoms with E-state index in [9.17, 15) is 0 Å². The normalized spacial score (nSPS) is 11.2. The fourth-order valence-electron chi connectivity index (χ4n) is 2.63. The van der Waals surface area contributed by atoms with Gasteiger partial charge in [0.2, 0.25) is 0 Å². The zero-order valence-corrected chi connectivity index (χ0v) is 12.5. The Morgan fingerprint density at radius 3 is 0.950 bits per heavy atom. The maximum atomic E-state index is 2.41. The molecule has 0 aliphatic rings. The standard InChI is InChI=1S/C19H18P/c1-20(17-11-5-2-6-12-17,18-13-7-3-8-14-18)19-15-9-4-10-16-19/h2-16H,1H3/q+1/i1-1. The van der Waals surface area contributed by atoms with Crippen molar-refractivity contribution in [3.63, 3.8) is 0 Å². The van der Waals surface area contributed by atoms with Crippen molar-refractivity contribution in [1.82, 2.24) is 0 Å². The van der Waals surface area contributed by atoms with Gasteiger partial charge in [-0.15, -0.1) is 0 Å². The lowest BCUT2D eigenvalue weighted by atomic mass is 10.4. The van der Waals surface area contributed by atoms with Crippen LogP contribution in [0.5, 0.6) is 0 Å². The molecule has 0 bridgehead atoms. The van der Waals surface area contributed by atoms with Gasteiger partial charge in [-0.3, -0.25) is 0 Å². The van der Waals surface area contributed by atoms with Crippen molar-refractivity contribution in [2.75, 3.05) is 6.66 Å². The van der Waals surface area contributed by atoms with E-state index in [1.165, 1.54) is 15.9 Å². The molecular weight excluding hydrogens is 258 g/mol. The molecule has 0 atom stereocenters. The number of benzene rings is 3. The van der Waals surface area contributed by atoms with Gasteiger partial charge in [-0.1, -0.05) is 54.6 Å². The van der Waals surface area contributed by atoms with Crippen molar-refractivity contribution >= 4 is 23.2 Å². The van der Waals surface area contributed by atoms with Crippen LogP contribution in [0.4, 0.5) is 0 Å². The Balaban J connectivity index is 2.24. The molecule has 0 fully saturated rings. The molecule has 0 nitrogen and oxygen atoms in total. The number of hydrogen-bond donors (Lipinski definition) is 0. The maximum Gasteiger partial charge on any atom is 0.109 e. The Bertz CT molecular complexity index is 563. The summed E-state index contributed by atoms with van der Waals surface area (Å²) in [4.78, 5) is 0. The van der Waals surface area contributed by atoms with Crippen LogP contribution in [-0.2, 0) is 0 Å². The van der Waals surface area contributed by atoms with Crippen LogP contribution in [0.2, 0.25) is 0 Å². The minimum Gasteiger partial charge on any atom is -0.0620 e. The molecule has 0 saturated heterocycles. The van der Waals surface area contributed by atoms with Crippen molar-refractivity contribution in [1.29, 1.82) is 0 Å². The van der Waals surface area contributed by atoms with E-state index in [0.29, 0.717) is 0 Å². The minimum atomic E-state index is -1.53. The zero-order valence-electron chi connectivity index (χ0n) is 11.6. The molecule has 3 aromatic rings. The molecule has 0 aliphatic carbocycles. The molecule has 20 heavy (non-hydrogen) atoms. The summed E-state index contributed by atoms with van der Waals surface area (Å²) in [6, 6.07) is 32.6. The molecule has 3 aromatic carbocycles. The van der Waals surface area contributed by atoms with Crippen molar-refractivity contribution in [2.45, 2.75) is 0 Å². The summed E-state index contributed by atoms with van der Waals surface area (Å²) in [5.74, 6) is 0. The van der Waals surface area contributed by atoms with Crippen LogP contribution in [0.15, 0.2) is 91.0 Å². The third-order valence-corrected chi connectivity index (χ3v) is 7.81. The highest BCUT2D eigenvalue weighted by Gasteiger charge is 2.39. The van der Waals surface area contributed by atoms with Crippen molar-refractivity contribution in [2.24, 2.45) is 0 Å². The smallest absolute Gasteiger partial charge is 0.0620 e. The van der Waals surface area contributed by atoms with Crippen LogP contribution >= 0.6 is 7.26 Å². The van der Waals surface area contributed by atoms with Gasteiger partial charge < -0.3 is 0 Å². The Morgan fingerprint density at radius 1 is 0.450 bits per heavy atom. The molecule has 0 radical (unpaired) electrons. The molecule has 0 amide bonds. The first kappa shape index (κ1) is 13.1. The molecule has 0 spiro atoms. The molecule has 3 rings (SSSR count). The third-order valence-electron chi connectivity index (χ3n) is 3.82. The van der Waals surface area contributed by atoms with Gasteiger partial charge in [-0.25, -0.2) is 0 Å². The van der Waals surface area contributed by atoms with E-state index in [1.54, 1.807) is 0 Å². The zero-order chi connectivity index (χ0) is 13.8. The molecule has 0 N–H and O–H groups in total. The lowest BCUT2D eigenvalue weighted by molar-refractivity contribution is 1.72. The minimum absolute atomic E-state index is 1.43. The second kappa shape index (κ2) is 5.61. The van der Waals surface area contributed by atoms with Gasteiger partial charge in [0.05, 0.1) is 6.66 Å². The lowest BCUT2D eigenvalue weighted by Gasteiger charge is -2.22. The van der Waals surface area contributed by atoms with Crippen LogP contribution in [-0.4, -0.2) is 6.66 Å². The first-order valence-corrected chi connectivity index (χ1v) is 9.09. The summed E-state index contributed by atoms with van der Waals surface area (Å²) < 4.78 is 0. The molecule has 1 heteroatoms. The predicted molar refractivity (Wildman–Crippen MR) is 91.1 cm³/mol. The van der Waals surface area contributed by atoms with Crippen LogP contribution in [0.1, 0.15) is 0 Å². The average Bonchev–Trinajstić information content (AvgIpc) is 2.56. The summed E-state index contributed by atoms with van der Waals surface area (Å²) in [7, 11) is -1.53. The average molecular weight is 276 g/mol. The SMILES string of the molecule is [11CH3][P+](c1ccccc1)(c1ccccc1)c1ccccc1. The Hall–Kier alpha value is -1.91. The summed E-state index contributed by atoms with van der Waals surface area (Å²) in [6.07, 6.45) is 0. The first-order valence-electron chi connectivity index (χ1n) is 6.85. The van der Waals surface area contributed by atoms with Crippen LogP contribution in [0, 0.1) is 0 Å². The van der Waals surface area contributed by atoms with Crippen LogP contribution in [0.25, 0.3) is 0 Å². The van der Waals surface area contributed by atoms with Gasteiger partial charge in [0.25, 0.3) is 0 Å². The van der Waals surface area contributed by atoms with E-state index in [4.69, 9.17) is 0 Å². The van der Waals surface area contributed by atoms with E-state index in [0.717, 1.165) is 0 Å². The Kier molecular flexibility index (Phi) is 3.67. The van der Waals surface area contributed by atoms with Gasteiger partial charge in [-0.05, 0) is 36.4 Å². The summed E-state index contributed by atoms with van der Waals surface area (Å²) in [5.41, 5.74) is 0. The van der Waals surface area contributed by atoms with Gasteiger partial charge in [0.15, 0.2) is 0 Å². The number of rotatable bonds is 3. The van der Waals surface area contributed by atoms with Crippen molar-refractivity contribution in [3.05, 3.63) is 91.0 Å². The highest BCUT2D eigenvalue weighted by atomic mass is 31.2. The molecule has 0 saturated carbocycles. The van der Waals surface area contributed by atoms with Gasteiger partial charge in [0.1, 0.15) is 23.2 Å². The fraction of sp³-hybridized carbons (Fsp3) is 0.0526. The Labute approximate surface area is 121 Å². The van der Waals surface area contributed by atoms with E-state index in [1.807, 2.05) is 0 Å². The summed E-state index contributed by atoms with van der Waals surface area (Å²) >= 11 is 0. The van der Waals surface area contributed by atoms with E-state index < -0.39 is 7.26 Å². The van der Waals surface area contributed by atoms with E-state index >= 15 is 0 Å². The van der Waals surface area contributed by atoms with Gasteiger partial charge in [-0.2, -0.15) is 0 Å². The quantitative estimate of drug-likeness (QED) is 0.641. The van der Waals surface area contributed by atoms with Gasteiger partial charge >= 0.3 is 0 Å².